The Morgan fingerprint density at radius 3 is 2.38 bits per heavy atom. The second-order valence-corrected chi connectivity index (χ2v) is 8.92. The predicted octanol–water partition coefficient (Wildman–Crippen LogP) is 4.87. The van der Waals surface area contributed by atoms with Gasteiger partial charge >= 0.3 is 7.60 Å². The number of carbonyl (C=O) groups excluding carboxylic acids is 1. The van der Waals surface area contributed by atoms with Crippen molar-refractivity contribution in [3.05, 3.63) is 63.6 Å². The highest BCUT2D eigenvalue weighted by molar-refractivity contribution is 7.62. The summed E-state index contributed by atoms with van der Waals surface area (Å²) in [6, 6.07) is 11.0. The lowest BCUT2D eigenvalue weighted by molar-refractivity contribution is 0.103. The summed E-state index contributed by atoms with van der Waals surface area (Å²) < 4.78 is 23.6. The number of hydrogen-bond donors (Lipinski definition) is 0. The lowest BCUT2D eigenvalue weighted by Gasteiger charge is -2.15. The summed E-state index contributed by atoms with van der Waals surface area (Å²) in [5, 5.41) is 1.17. The number of ketones is 1. The molecule has 126 valence electrons. The monoisotopic (exact) mass is 384 g/mol. The van der Waals surface area contributed by atoms with E-state index in [9.17, 15) is 9.36 Å². The molecule has 0 radical (unpaired) electrons. The van der Waals surface area contributed by atoms with Crippen LogP contribution >= 0.6 is 30.8 Å². The summed E-state index contributed by atoms with van der Waals surface area (Å²) in [6.07, 6.45) is 0. The Hall–Kier alpha value is -1.16. The zero-order chi connectivity index (χ0) is 17.5. The third-order valence-electron chi connectivity index (χ3n) is 3.57. The van der Waals surface area contributed by atoms with Crippen LogP contribution in [0.1, 0.15) is 29.8 Å². The molecule has 1 aliphatic heterocycles. The Labute approximate surface area is 150 Å². The molecule has 2 aromatic rings. The third kappa shape index (κ3) is 3.44. The molecular formula is C17H15Cl2O4P. The van der Waals surface area contributed by atoms with Gasteiger partial charge in [0, 0.05) is 16.1 Å². The molecule has 1 fully saturated rings. The molecule has 3 rings (SSSR count). The van der Waals surface area contributed by atoms with Gasteiger partial charge in [-0.1, -0.05) is 35.3 Å². The maximum Gasteiger partial charge on any atom is 0.362 e. The van der Waals surface area contributed by atoms with Gasteiger partial charge in [-0.05, 0) is 44.2 Å². The lowest BCUT2D eigenvalue weighted by atomic mass is 10.0. The van der Waals surface area contributed by atoms with Crippen molar-refractivity contribution in [2.45, 2.75) is 19.4 Å². The number of rotatable bonds is 3. The van der Waals surface area contributed by atoms with Crippen LogP contribution in [0.15, 0.2) is 42.5 Å². The van der Waals surface area contributed by atoms with Crippen molar-refractivity contribution < 1.29 is 18.4 Å². The van der Waals surface area contributed by atoms with Gasteiger partial charge < -0.3 is 4.52 Å². The molecule has 7 heteroatoms. The van der Waals surface area contributed by atoms with Crippen molar-refractivity contribution in [2.75, 3.05) is 6.61 Å². The summed E-state index contributed by atoms with van der Waals surface area (Å²) in [4.78, 5) is 12.6. The van der Waals surface area contributed by atoms with E-state index in [1.165, 1.54) is 6.07 Å². The molecule has 0 spiro atoms. The summed E-state index contributed by atoms with van der Waals surface area (Å²) in [5.74, 6) is -0.263. The number of hydrogen-bond acceptors (Lipinski definition) is 4. The van der Waals surface area contributed by atoms with Crippen LogP contribution in [0.4, 0.5) is 0 Å². The minimum atomic E-state index is -3.34. The molecule has 4 nitrogen and oxygen atoms in total. The van der Waals surface area contributed by atoms with Crippen LogP contribution in [-0.2, 0) is 13.6 Å². The maximum absolute atomic E-state index is 12.7. The quantitative estimate of drug-likeness (QED) is 0.559. The first-order chi connectivity index (χ1) is 11.2. The molecule has 1 heterocycles. The van der Waals surface area contributed by atoms with E-state index in [-0.39, 0.29) is 12.4 Å². The molecule has 2 aromatic carbocycles. The van der Waals surface area contributed by atoms with Gasteiger partial charge in [-0.3, -0.25) is 13.9 Å². The van der Waals surface area contributed by atoms with Crippen molar-refractivity contribution in [3.63, 3.8) is 0 Å². The second kappa shape index (κ2) is 6.29. The van der Waals surface area contributed by atoms with Crippen LogP contribution in [0.2, 0.25) is 10.0 Å². The predicted molar refractivity (Wildman–Crippen MR) is 94.7 cm³/mol. The van der Waals surface area contributed by atoms with E-state index in [1.54, 1.807) is 36.4 Å². The summed E-state index contributed by atoms with van der Waals surface area (Å²) in [5.41, 5.74) is 0.129. The standard InChI is InChI=1S/C17H15Cl2O4P/c1-17(2)10-22-24(21,23-17)13-6-3-11(4-7-13)16(20)14-9-12(18)5-8-15(14)19/h3-9H,10H2,1-2H3. The zero-order valence-corrected chi connectivity index (χ0v) is 15.5. The molecule has 1 aliphatic rings. The zero-order valence-electron chi connectivity index (χ0n) is 13.1. The van der Waals surface area contributed by atoms with Gasteiger partial charge in [0.05, 0.1) is 22.5 Å². The van der Waals surface area contributed by atoms with Crippen LogP contribution < -0.4 is 5.30 Å². The first-order valence-electron chi connectivity index (χ1n) is 7.26. The number of benzene rings is 2. The van der Waals surface area contributed by atoms with Crippen LogP contribution in [0.3, 0.4) is 0 Å². The summed E-state index contributed by atoms with van der Waals surface area (Å²) >= 11 is 12.0. The van der Waals surface area contributed by atoms with E-state index in [0.717, 1.165) is 0 Å². The van der Waals surface area contributed by atoms with E-state index in [4.69, 9.17) is 32.2 Å². The van der Waals surface area contributed by atoms with Crippen LogP contribution in [0.25, 0.3) is 0 Å². The molecule has 1 atom stereocenters. The van der Waals surface area contributed by atoms with Crippen LogP contribution in [0, 0.1) is 0 Å². The number of halogens is 2. The fraction of sp³-hybridized carbons (Fsp3) is 0.235. The molecule has 0 N–H and O–H groups in total. The van der Waals surface area contributed by atoms with Crippen molar-refractivity contribution >= 4 is 41.9 Å². The Kier molecular flexibility index (Phi) is 4.63. The van der Waals surface area contributed by atoms with Gasteiger partial charge in [-0.25, -0.2) is 0 Å². The Morgan fingerprint density at radius 1 is 1.12 bits per heavy atom. The Bertz CT molecular complexity index is 846. The smallest absolute Gasteiger partial charge is 0.302 e. The van der Waals surface area contributed by atoms with Crippen LogP contribution in [0.5, 0.6) is 0 Å². The Morgan fingerprint density at radius 2 is 1.79 bits per heavy atom. The van der Waals surface area contributed by atoms with Crippen molar-refractivity contribution in [1.29, 1.82) is 0 Å². The van der Waals surface area contributed by atoms with Crippen molar-refractivity contribution in [1.82, 2.24) is 0 Å². The minimum absolute atomic E-state index is 0.253. The van der Waals surface area contributed by atoms with Gasteiger partial charge in [-0.15, -0.1) is 0 Å². The average Bonchev–Trinajstić information content (AvgIpc) is 2.84. The largest absolute Gasteiger partial charge is 0.362 e. The minimum Gasteiger partial charge on any atom is -0.302 e. The normalized spacial score (nSPS) is 22.5. The van der Waals surface area contributed by atoms with E-state index < -0.39 is 13.2 Å². The topological polar surface area (TPSA) is 52.6 Å². The SMILES string of the molecule is CC1(C)COP(=O)(c2ccc(C(=O)c3cc(Cl)ccc3Cl)cc2)O1. The van der Waals surface area contributed by atoms with E-state index in [2.05, 4.69) is 0 Å². The van der Waals surface area contributed by atoms with Gasteiger partial charge in [0.15, 0.2) is 5.78 Å². The van der Waals surface area contributed by atoms with Crippen molar-refractivity contribution in [2.24, 2.45) is 0 Å². The lowest BCUT2D eigenvalue weighted by Crippen LogP contribution is -2.21. The second-order valence-electron chi connectivity index (χ2n) is 6.12. The van der Waals surface area contributed by atoms with Gasteiger partial charge in [0.25, 0.3) is 0 Å². The molecule has 1 unspecified atom stereocenters. The first-order valence-corrected chi connectivity index (χ1v) is 9.56. The Balaban J connectivity index is 1.89. The highest BCUT2D eigenvalue weighted by Crippen LogP contribution is 2.56. The fourth-order valence-corrected chi connectivity index (χ4v) is 4.75. The van der Waals surface area contributed by atoms with E-state index in [0.29, 0.717) is 26.5 Å². The van der Waals surface area contributed by atoms with Gasteiger partial charge in [-0.2, -0.15) is 0 Å². The molecule has 0 saturated carbocycles. The molecule has 0 aliphatic carbocycles. The molecule has 0 aromatic heterocycles. The fourth-order valence-electron chi connectivity index (χ4n) is 2.37. The average molecular weight is 385 g/mol. The highest BCUT2D eigenvalue weighted by Gasteiger charge is 2.43. The number of carbonyl (C=O) groups is 1. The summed E-state index contributed by atoms with van der Waals surface area (Å²) in [6.45, 7) is 3.88. The maximum atomic E-state index is 12.7. The van der Waals surface area contributed by atoms with Gasteiger partial charge in [0.1, 0.15) is 0 Å². The van der Waals surface area contributed by atoms with Crippen LogP contribution in [-0.4, -0.2) is 18.0 Å². The third-order valence-corrected chi connectivity index (χ3v) is 6.27. The molecule has 1 saturated heterocycles. The first kappa shape index (κ1) is 17.7. The summed E-state index contributed by atoms with van der Waals surface area (Å²) in [7, 11) is -3.34. The van der Waals surface area contributed by atoms with E-state index in [1.807, 2.05) is 13.8 Å². The van der Waals surface area contributed by atoms with Gasteiger partial charge in [0.2, 0.25) is 0 Å². The molecule has 0 bridgehead atoms. The molecule has 24 heavy (non-hydrogen) atoms. The molecular weight excluding hydrogens is 370 g/mol. The van der Waals surface area contributed by atoms with Crippen molar-refractivity contribution in [3.8, 4) is 0 Å². The molecule has 0 amide bonds. The van der Waals surface area contributed by atoms with E-state index >= 15 is 0 Å². The highest BCUT2D eigenvalue weighted by atomic mass is 35.5.